The minimum Gasteiger partial charge on any atom is -0.491 e. The number of hydrazine groups is 1. The van der Waals surface area contributed by atoms with Crippen molar-refractivity contribution in [1.29, 1.82) is 0 Å². The second-order valence-electron chi connectivity index (χ2n) is 3.43. The molecule has 0 aromatic heterocycles. The molecular formula is C9H11N3O4S. The number of sulfonamides is 1. The fraction of sp³-hybridized carbons (Fsp3) is 0.222. The highest BCUT2D eigenvalue weighted by Gasteiger charge is 2.18. The van der Waals surface area contributed by atoms with Crippen molar-refractivity contribution in [1.82, 2.24) is 4.83 Å². The quantitative estimate of drug-likeness (QED) is 0.491. The average molecular weight is 257 g/mol. The Labute approximate surface area is 98.0 Å². The van der Waals surface area contributed by atoms with Crippen molar-refractivity contribution in [3.8, 4) is 5.75 Å². The lowest BCUT2D eigenvalue weighted by Gasteiger charge is -2.09. The molecule has 0 aliphatic carbocycles. The summed E-state index contributed by atoms with van der Waals surface area (Å²) in [5.41, 5.74) is 0.323. The van der Waals surface area contributed by atoms with E-state index in [1.54, 1.807) is 4.83 Å². The van der Waals surface area contributed by atoms with Gasteiger partial charge in [0.2, 0.25) is 5.91 Å². The Morgan fingerprint density at radius 3 is 2.88 bits per heavy atom. The Bertz CT molecular complexity index is 555. The molecule has 0 spiro atoms. The molecule has 0 bridgehead atoms. The molecule has 0 unspecified atom stereocenters. The van der Waals surface area contributed by atoms with Crippen LogP contribution in [0, 0.1) is 0 Å². The summed E-state index contributed by atoms with van der Waals surface area (Å²) < 4.78 is 28.2. The van der Waals surface area contributed by atoms with Gasteiger partial charge in [0.1, 0.15) is 5.75 Å². The van der Waals surface area contributed by atoms with Crippen LogP contribution in [0.3, 0.4) is 0 Å². The summed E-state index contributed by atoms with van der Waals surface area (Å²) in [5, 5.41) is 2.56. The molecule has 1 aliphatic heterocycles. The molecule has 0 atom stereocenters. The molecule has 2 rings (SSSR count). The Kier molecular flexibility index (Phi) is 3.01. The molecule has 4 N–H and O–H groups in total. The van der Waals surface area contributed by atoms with Crippen molar-refractivity contribution in [2.75, 3.05) is 11.9 Å². The number of ether oxygens (including phenoxy) is 1. The van der Waals surface area contributed by atoms with Crippen LogP contribution in [0.15, 0.2) is 23.1 Å². The monoisotopic (exact) mass is 257 g/mol. The standard InChI is InChI=1S/C9H11N3O4S/c10-12-17(14,15)6-1-2-8-7(5-6)11-9(13)3-4-16-8/h1-2,5,12H,3-4,10H2,(H,11,13). The van der Waals surface area contributed by atoms with Crippen LogP contribution in [0.1, 0.15) is 6.42 Å². The summed E-state index contributed by atoms with van der Waals surface area (Å²) in [6.45, 7) is 0.264. The van der Waals surface area contributed by atoms with Crippen LogP contribution in [0.2, 0.25) is 0 Å². The van der Waals surface area contributed by atoms with E-state index in [0.29, 0.717) is 11.4 Å². The van der Waals surface area contributed by atoms with Gasteiger partial charge in [0.25, 0.3) is 10.0 Å². The molecule has 1 aromatic carbocycles. The van der Waals surface area contributed by atoms with Gasteiger partial charge in [-0.2, -0.15) is 4.83 Å². The van der Waals surface area contributed by atoms with E-state index in [0.717, 1.165) is 0 Å². The zero-order valence-electron chi connectivity index (χ0n) is 8.76. The fourth-order valence-corrected chi connectivity index (χ4v) is 2.09. The van der Waals surface area contributed by atoms with E-state index in [9.17, 15) is 13.2 Å². The maximum absolute atomic E-state index is 11.5. The maximum atomic E-state index is 11.5. The molecule has 17 heavy (non-hydrogen) atoms. The van der Waals surface area contributed by atoms with E-state index < -0.39 is 10.0 Å². The van der Waals surface area contributed by atoms with Crippen molar-refractivity contribution in [2.45, 2.75) is 11.3 Å². The van der Waals surface area contributed by atoms with Gasteiger partial charge in [-0.15, -0.1) is 0 Å². The summed E-state index contributed by atoms with van der Waals surface area (Å²) in [4.78, 5) is 13.0. The number of nitrogens with two attached hydrogens (primary N) is 1. The maximum Gasteiger partial charge on any atom is 0.253 e. The van der Waals surface area contributed by atoms with Crippen LogP contribution in [0.5, 0.6) is 5.75 Å². The summed E-state index contributed by atoms with van der Waals surface area (Å²) in [6, 6.07) is 4.13. The number of rotatable bonds is 2. The Morgan fingerprint density at radius 1 is 1.41 bits per heavy atom. The number of nitrogens with one attached hydrogen (secondary N) is 2. The number of hydrogen-bond acceptors (Lipinski definition) is 5. The zero-order valence-corrected chi connectivity index (χ0v) is 9.58. The van der Waals surface area contributed by atoms with Crippen molar-refractivity contribution in [2.24, 2.45) is 5.84 Å². The average Bonchev–Trinajstić information content (AvgIpc) is 2.48. The highest BCUT2D eigenvalue weighted by molar-refractivity contribution is 7.89. The van der Waals surface area contributed by atoms with Crippen LogP contribution in [0.4, 0.5) is 5.69 Å². The Balaban J connectivity index is 2.46. The van der Waals surface area contributed by atoms with Gasteiger partial charge < -0.3 is 10.1 Å². The molecule has 8 heteroatoms. The van der Waals surface area contributed by atoms with Crippen molar-refractivity contribution in [3.63, 3.8) is 0 Å². The van der Waals surface area contributed by atoms with Crippen LogP contribution in [-0.2, 0) is 14.8 Å². The summed E-state index contributed by atoms with van der Waals surface area (Å²) in [6.07, 6.45) is 0.228. The van der Waals surface area contributed by atoms with Gasteiger partial charge in [-0.3, -0.25) is 10.6 Å². The lowest BCUT2D eigenvalue weighted by atomic mass is 10.3. The minimum atomic E-state index is -3.74. The van der Waals surface area contributed by atoms with Gasteiger partial charge in [0.15, 0.2) is 0 Å². The first-order valence-electron chi connectivity index (χ1n) is 4.82. The van der Waals surface area contributed by atoms with Gasteiger partial charge in [-0.05, 0) is 18.2 Å². The van der Waals surface area contributed by atoms with E-state index in [2.05, 4.69) is 5.32 Å². The number of carbonyl (C=O) groups excluding carboxylic acids is 1. The molecule has 1 aromatic rings. The molecule has 1 amide bonds. The first-order chi connectivity index (χ1) is 8.03. The van der Waals surface area contributed by atoms with Crippen LogP contribution in [0.25, 0.3) is 0 Å². The molecule has 0 saturated heterocycles. The molecule has 0 saturated carbocycles. The third-order valence-corrected chi connectivity index (χ3v) is 3.46. The molecule has 0 fully saturated rings. The molecule has 1 heterocycles. The van der Waals surface area contributed by atoms with E-state index in [1.165, 1.54) is 18.2 Å². The summed E-state index contributed by atoms with van der Waals surface area (Å²) >= 11 is 0. The van der Waals surface area contributed by atoms with Gasteiger partial charge in [0, 0.05) is 0 Å². The number of hydrogen-bond donors (Lipinski definition) is 3. The number of fused-ring (bicyclic) bond motifs is 1. The van der Waals surface area contributed by atoms with Gasteiger partial charge in [-0.1, -0.05) is 0 Å². The van der Waals surface area contributed by atoms with Crippen molar-refractivity contribution in [3.05, 3.63) is 18.2 Å². The molecule has 1 aliphatic rings. The lowest BCUT2D eigenvalue weighted by molar-refractivity contribution is -0.116. The van der Waals surface area contributed by atoms with Crippen LogP contribution in [-0.4, -0.2) is 20.9 Å². The van der Waals surface area contributed by atoms with Gasteiger partial charge in [0.05, 0.1) is 23.6 Å². The van der Waals surface area contributed by atoms with Gasteiger partial charge in [-0.25, -0.2) is 8.42 Å². The van der Waals surface area contributed by atoms with Crippen LogP contribution < -0.4 is 20.7 Å². The van der Waals surface area contributed by atoms with Crippen molar-refractivity contribution >= 4 is 21.6 Å². The molecule has 92 valence electrons. The zero-order chi connectivity index (χ0) is 12.5. The second kappa shape index (κ2) is 4.32. The smallest absolute Gasteiger partial charge is 0.253 e. The van der Waals surface area contributed by atoms with E-state index >= 15 is 0 Å². The second-order valence-corrected chi connectivity index (χ2v) is 5.14. The highest BCUT2D eigenvalue weighted by atomic mass is 32.2. The van der Waals surface area contributed by atoms with E-state index in [4.69, 9.17) is 10.6 Å². The Morgan fingerprint density at radius 2 is 2.18 bits per heavy atom. The molecular weight excluding hydrogens is 246 g/mol. The predicted molar refractivity (Wildman–Crippen MR) is 59.7 cm³/mol. The lowest BCUT2D eigenvalue weighted by Crippen LogP contribution is -2.30. The van der Waals surface area contributed by atoms with E-state index in [1.807, 2.05) is 0 Å². The third kappa shape index (κ3) is 2.38. The first-order valence-corrected chi connectivity index (χ1v) is 6.30. The SMILES string of the molecule is NNS(=O)(=O)c1ccc2c(c1)NC(=O)CCO2. The number of carbonyl (C=O) groups is 1. The number of amides is 1. The topological polar surface area (TPSA) is 111 Å². The third-order valence-electron chi connectivity index (χ3n) is 2.28. The largest absolute Gasteiger partial charge is 0.491 e. The summed E-state index contributed by atoms with van der Waals surface area (Å²) in [7, 11) is -3.74. The predicted octanol–water partition coefficient (Wildman–Crippen LogP) is -0.440. The van der Waals surface area contributed by atoms with Crippen molar-refractivity contribution < 1.29 is 17.9 Å². The molecule has 0 radical (unpaired) electrons. The minimum absolute atomic E-state index is 0.0375. The highest BCUT2D eigenvalue weighted by Crippen LogP contribution is 2.29. The van der Waals surface area contributed by atoms with Gasteiger partial charge >= 0.3 is 0 Å². The first kappa shape index (κ1) is 11.8. The number of benzene rings is 1. The number of anilines is 1. The van der Waals surface area contributed by atoms with E-state index in [-0.39, 0.29) is 23.8 Å². The normalized spacial score (nSPS) is 15.5. The van der Waals surface area contributed by atoms with Crippen LogP contribution >= 0.6 is 0 Å². The Hall–Kier alpha value is -1.64. The fourth-order valence-electron chi connectivity index (χ4n) is 1.43. The molecule has 7 nitrogen and oxygen atoms in total. The summed E-state index contributed by atoms with van der Waals surface area (Å²) in [5.74, 6) is 5.13.